The van der Waals surface area contributed by atoms with Crippen molar-refractivity contribution in [2.24, 2.45) is 11.8 Å². The molecule has 0 radical (unpaired) electrons. The van der Waals surface area contributed by atoms with Gasteiger partial charge in [-0.05, 0) is 61.3 Å². The average molecular weight is 283 g/mol. The Balaban J connectivity index is 2.28. The van der Waals surface area contributed by atoms with Crippen molar-refractivity contribution in [3.63, 3.8) is 0 Å². The molecule has 2 atom stereocenters. The first-order chi connectivity index (χ1) is 7.50. The fourth-order valence-corrected chi connectivity index (χ4v) is 2.74. The SMILES string of the molecule is Cc1cc(C(O)C(C)C2CC2)c(C)cc1Br. The number of aryl methyl sites for hydroxylation is 2. The van der Waals surface area contributed by atoms with Crippen molar-refractivity contribution in [1.82, 2.24) is 0 Å². The topological polar surface area (TPSA) is 20.2 Å². The van der Waals surface area contributed by atoms with Gasteiger partial charge in [-0.3, -0.25) is 0 Å². The van der Waals surface area contributed by atoms with Crippen LogP contribution in [0, 0.1) is 25.7 Å². The Morgan fingerprint density at radius 3 is 2.44 bits per heavy atom. The van der Waals surface area contributed by atoms with Crippen LogP contribution in [0.4, 0.5) is 0 Å². The summed E-state index contributed by atoms with van der Waals surface area (Å²) in [6.45, 7) is 6.31. The molecule has 2 heteroatoms. The largest absolute Gasteiger partial charge is 0.388 e. The first-order valence-electron chi connectivity index (χ1n) is 5.95. The smallest absolute Gasteiger partial charge is 0.0820 e. The molecular formula is C14H19BrO. The zero-order valence-electron chi connectivity index (χ0n) is 10.1. The number of hydrogen-bond donors (Lipinski definition) is 1. The van der Waals surface area contributed by atoms with Crippen molar-refractivity contribution < 1.29 is 5.11 Å². The Labute approximate surface area is 106 Å². The van der Waals surface area contributed by atoms with E-state index in [1.54, 1.807) is 0 Å². The Morgan fingerprint density at radius 2 is 1.88 bits per heavy atom. The highest BCUT2D eigenvalue weighted by atomic mass is 79.9. The zero-order valence-corrected chi connectivity index (χ0v) is 11.7. The van der Waals surface area contributed by atoms with Crippen LogP contribution in [-0.4, -0.2) is 5.11 Å². The van der Waals surface area contributed by atoms with E-state index in [4.69, 9.17) is 0 Å². The van der Waals surface area contributed by atoms with Crippen molar-refractivity contribution in [1.29, 1.82) is 0 Å². The molecule has 2 unspecified atom stereocenters. The molecule has 0 amide bonds. The van der Waals surface area contributed by atoms with E-state index in [0.29, 0.717) is 5.92 Å². The van der Waals surface area contributed by atoms with E-state index in [1.165, 1.54) is 24.0 Å². The van der Waals surface area contributed by atoms with Gasteiger partial charge in [0.15, 0.2) is 0 Å². The third kappa shape index (κ3) is 2.33. The summed E-state index contributed by atoms with van der Waals surface area (Å²) in [6, 6.07) is 4.22. The van der Waals surface area contributed by atoms with Gasteiger partial charge in [0, 0.05) is 4.47 Å². The van der Waals surface area contributed by atoms with Gasteiger partial charge in [0.1, 0.15) is 0 Å². The quantitative estimate of drug-likeness (QED) is 0.883. The number of halogens is 1. The van der Waals surface area contributed by atoms with Crippen LogP contribution in [0.1, 0.15) is 42.6 Å². The third-order valence-electron chi connectivity index (χ3n) is 3.73. The monoisotopic (exact) mass is 282 g/mol. The molecule has 1 aromatic rings. The summed E-state index contributed by atoms with van der Waals surface area (Å²) in [5.74, 6) is 1.12. The van der Waals surface area contributed by atoms with Gasteiger partial charge in [-0.25, -0.2) is 0 Å². The number of hydrogen-bond acceptors (Lipinski definition) is 1. The number of aliphatic hydroxyl groups excluding tert-OH is 1. The third-order valence-corrected chi connectivity index (χ3v) is 4.58. The van der Waals surface area contributed by atoms with Gasteiger partial charge < -0.3 is 5.11 Å². The fraction of sp³-hybridized carbons (Fsp3) is 0.571. The number of benzene rings is 1. The van der Waals surface area contributed by atoms with Crippen molar-refractivity contribution in [3.8, 4) is 0 Å². The van der Waals surface area contributed by atoms with Gasteiger partial charge in [0.05, 0.1) is 6.10 Å². The maximum atomic E-state index is 10.4. The van der Waals surface area contributed by atoms with Gasteiger partial charge in [-0.15, -0.1) is 0 Å². The van der Waals surface area contributed by atoms with Crippen LogP contribution >= 0.6 is 15.9 Å². The molecular weight excluding hydrogens is 264 g/mol. The van der Waals surface area contributed by atoms with Crippen molar-refractivity contribution >= 4 is 15.9 Å². The summed E-state index contributed by atoms with van der Waals surface area (Å²) < 4.78 is 1.13. The van der Waals surface area contributed by atoms with Crippen LogP contribution in [-0.2, 0) is 0 Å². The Bertz CT molecular complexity index is 396. The fourth-order valence-electron chi connectivity index (χ4n) is 2.28. The molecule has 1 aromatic carbocycles. The van der Waals surface area contributed by atoms with Crippen molar-refractivity contribution in [3.05, 3.63) is 33.3 Å². The normalized spacial score (nSPS) is 19.6. The molecule has 1 saturated carbocycles. The summed E-state index contributed by atoms with van der Waals surface area (Å²) in [6.07, 6.45) is 2.26. The van der Waals surface area contributed by atoms with E-state index in [-0.39, 0.29) is 6.10 Å². The number of rotatable bonds is 3. The molecule has 0 aliphatic heterocycles. The predicted octanol–water partition coefficient (Wildman–Crippen LogP) is 4.15. The molecule has 1 aliphatic carbocycles. The highest BCUT2D eigenvalue weighted by Crippen LogP contribution is 2.43. The maximum absolute atomic E-state index is 10.4. The molecule has 0 bridgehead atoms. The second-order valence-electron chi connectivity index (χ2n) is 5.10. The Kier molecular flexibility index (Phi) is 3.41. The van der Waals surface area contributed by atoms with Crippen LogP contribution < -0.4 is 0 Å². The first-order valence-corrected chi connectivity index (χ1v) is 6.74. The molecule has 0 heterocycles. The summed E-state index contributed by atoms with van der Waals surface area (Å²) >= 11 is 3.53. The van der Waals surface area contributed by atoms with E-state index >= 15 is 0 Å². The summed E-state index contributed by atoms with van der Waals surface area (Å²) in [4.78, 5) is 0. The Morgan fingerprint density at radius 1 is 1.25 bits per heavy atom. The zero-order chi connectivity index (χ0) is 11.9. The Hall–Kier alpha value is -0.340. The van der Waals surface area contributed by atoms with E-state index in [0.717, 1.165) is 16.0 Å². The summed E-state index contributed by atoms with van der Waals surface area (Å²) in [5, 5.41) is 10.4. The first kappa shape index (κ1) is 12.1. The second-order valence-corrected chi connectivity index (χ2v) is 5.95. The van der Waals surface area contributed by atoms with E-state index in [2.05, 4.69) is 48.8 Å². The van der Waals surface area contributed by atoms with Gasteiger partial charge in [0.25, 0.3) is 0 Å². The predicted molar refractivity (Wildman–Crippen MR) is 70.5 cm³/mol. The second kappa shape index (κ2) is 4.50. The van der Waals surface area contributed by atoms with Crippen LogP contribution in [0.15, 0.2) is 16.6 Å². The minimum Gasteiger partial charge on any atom is -0.388 e. The molecule has 1 fully saturated rings. The van der Waals surface area contributed by atoms with Crippen LogP contribution in [0.5, 0.6) is 0 Å². The molecule has 0 saturated heterocycles. The van der Waals surface area contributed by atoms with Gasteiger partial charge in [-0.1, -0.05) is 28.9 Å². The molecule has 1 aliphatic rings. The van der Waals surface area contributed by atoms with Crippen molar-refractivity contribution in [2.75, 3.05) is 0 Å². The lowest BCUT2D eigenvalue weighted by atomic mass is 9.90. The minimum absolute atomic E-state index is 0.306. The lowest BCUT2D eigenvalue weighted by Gasteiger charge is -2.21. The van der Waals surface area contributed by atoms with Crippen LogP contribution in [0.3, 0.4) is 0 Å². The lowest BCUT2D eigenvalue weighted by molar-refractivity contribution is 0.105. The molecule has 0 aromatic heterocycles. The van der Waals surface area contributed by atoms with Gasteiger partial charge in [-0.2, -0.15) is 0 Å². The highest BCUT2D eigenvalue weighted by Gasteiger charge is 2.33. The standard InChI is InChI=1S/C14H19BrO/c1-8-7-13(15)9(2)6-12(8)14(16)10(3)11-4-5-11/h6-7,10-11,14,16H,4-5H2,1-3H3. The molecule has 1 N–H and O–H groups in total. The van der Waals surface area contributed by atoms with Gasteiger partial charge >= 0.3 is 0 Å². The maximum Gasteiger partial charge on any atom is 0.0820 e. The van der Waals surface area contributed by atoms with Crippen LogP contribution in [0.25, 0.3) is 0 Å². The molecule has 88 valence electrons. The number of aliphatic hydroxyl groups is 1. The minimum atomic E-state index is -0.306. The van der Waals surface area contributed by atoms with E-state index in [9.17, 15) is 5.11 Å². The highest BCUT2D eigenvalue weighted by molar-refractivity contribution is 9.10. The van der Waals surface area contributed by atoms with E-state index in [1.807, 2.05) is 0 Å². The molecule has 0 spiro atoms. The molecule has 1 nitrogen and oxygen atoms in total. The van der Waals surface area contributed by atoms with Gasteiger partial charge in [0.2, 0.25) is 0 Å². The molecule has 16 heavy (non-hydrogen) atoms. The van der Waals surface area contributed by atoms with Crippen molar-refractivity contribution in [2.45, 2.75) is 39.7 Å². The van der Waals surface area contributed by atoms with Crippen LogP contribution in [0.2, 0.25) is 0 Å². The average Bonchev–Trinajstić information content (AvgIpc) is 3.05. The molecule has 2 rings (SSSR count). The van der Waals surface area contributed by atoms with E-state index < -0.39 is 0 Å². The lowest BCUT2D eigenvalue weighted by Crippen LogP contribution is -2.12. The summed E-state index contributed by atoms with van der Waals surface area (Å²) in [7, 11) is 0. The summed E-state index contributed by atoms with van der Waals surface area (Å²) in [5.41, 5.74) is 3.47.